The van der Waals surface area contributed by atoms with Crippen LogP contribution in [0.15, 0.2) is 36.9 Å². The van der Waals surface area contributed by atoms with E-state index in [0.29, 0.717) is 19.5 Å². The molecular weight excluding hydrogens is 228 g/mol. The molecular formula is C14H18N2O2. The number of para-hydroxylation sites is 1. The van der Waals surface area contributed by atoms with Gasteiger partial charge in [0.2, 0.25) is 5.91 Å². The van der Waals surface area contributed by atoms with Crippen LogP contribution in [0.3, 0.4) is 0 Å². The second kappa shape index (κ2) is 5.69. The van der Waals surface area contributed by atoms with Crippen LogP contribution in [0.25, 0.3) is 0 Å². The summed E-state index contributed by atoms with van der Waals surface area (Å²) in [6.45, 7) is 4.42. The fourth-order valence-corrected chi connectivity index (χ4v) is 2.24. The summed E-state index contributed by atoms with van der Waals surface area (Å²) in [5.74, 6) is 0.0140. The highest BCUT2D eigenvalue weighted by Gasteiger charge is 2.29. The van der Waals surface area contributed by atoms with E-state index >= 15 is 0 Å². The van der Waals surface area contributed by atoms with Gasteiger partial charge in [0.25, 0.3) is 0 Å². The van der Waals surface area contributed by atoms with Gasteiger partial charge in [-0.2, -0.15) is 0 Å². The van der Waals surface area contributed by atoms with Crippen LogP contribution >= 0.6 is 0 Å². The van der Waals surface area contributed by atoms with Gasteiger partial charge in [0.05, 0.1) is 6.61 Å². The van der Waals surface area contributed by atoms with Crippen LogP contribution in [0.4, 0.5) is 5.69 Å². The van der Waals surface area contributed by atoms with Gasteiger partial charge in [0, 0.05) is 25.2 Å². The number of hydrogen-bond acceptors (Lipinski definition) is 3. The number of amides is 1. The predicted octanol–water partition coefficient (Wildman–Crippen LogP) is 1.03. The molecule has 0 spiro atoms. The summed E-state index contributed by atoms with van der Waals surface area (Å²) in [4.78, 5) is 13.9. The van der Waals surface area contributed by atoms with E-state index in [2.05, 4.69) is 11.9 Å². The first-order valence-electron chi connectivity index (χ1n) is 6.11. The molecule has 0 fully saturated rings. The predicted molar refractivity (Wildman–Crippen MR) is 71.4 cm³/mol. The second-order valence-corrected chi connectivity index (χ2v) is 4.35. The minimum Gasteiger partial charge on any atom is -0.395 e. The quantitative estimate of drug-likeness (QED) is 0.763. The molecule has 2 rings (SSSR count). The van der Waals surface area contributed by atoms with Crippen LogP contribution < -0.4 is 5.32 Å². The molecule has 1 atom stereocenters. The Kier molecular flexibility index (Phi) is 3.99. The van der Waals surface area contributed by atoms with Gasteiger partial charge in [-0.05, 0) is 11.6 Å². The highest BCUT2D eigenvalue weighted by Crippen LogP contribution is 2.25. The van der Waals surface area contributed by atoms with Crippen molar-refractivity contribution in [2.24, 2.45) is 0 Å². The van der Waals surface area contributed by atoms with Crippen molar-refractivity contribution in [1.82, 2.24) is 4.90 Å². The van der Waals surface area contributed by atoms with Gasteiger partial charge < -0.3 is 15.3 Å². The summed E-state index contributed by atoms with van der Waals surface area (Å²) >= 11 is 0. The Balaban J connectivity index is 2.05. The van der Waals surface area contributed by atoms with Gasteiger partial charge in [-0.15, -0.1) is 6.58 Å². The number of rotatable bonds is 5. The number of nitrogens with one attached hydrogen (secondary N) is 1. The molecule has 0 aliphatic carbocycles. The topological polar surface area (TPSA) is 52.6 Å². The lowest BCUT2D eigenvalue weighted by Gasteiger charge is -2.23. The van der Waals surface area contributed by atoms with Crippen molar-refractivity contribution < 1.29 is 9.90 Å². The third kappa shape index (κ3) is 2.54. The van der Waals surface area contributed by atoms with Crippen molar-refractivity contribution in [1.29, 1.82) is 0 Å². The number of aliphatic hydroxyl groups is 1. The first-order chi connectivity index (χ1) is 8.76. The monoisotopic (exact) mass is 246 g/mol. The number of carbonyl (C=O) groups excluding carboxylic acids is 1. The largest absolute Gasteiger partial charge is 0.395 e. The Morgan fingerprint density at radius 2 is 2.33 bits per heavy atom. The first-order valence-corrected chi connectivity index (χ1v) is 6.11. The molecule has 0 aromatic heterocycles. The van der Waals surface area contributed by atoms with Gasteiger partial charge in [0.15, 0.2) is 0 Å². The molecule has 18 heavy (non-hydrogen) atoms. The average molecular weight is 246 g/mol. The number of carbonyl (C=O) groups is 1. The lowest BCUT2D eigenvalue weighted by Crippen LogP contribution is -2.43. The van der Waals surface area contributed by atoms with Crippen LogP contribution in [0.2, 0.25) is 0 Å². The molecule has 96 valence electrons. The van der Waals surface area contributed by atoms with Gasteiger partial charge >= 0.3 is 0 Å². The van der Waals surface area contributed by atoms with Crippen molar-refractivity contribution in [3.05, 3.63) is 42.5 Å². The lowest BCUT2D eigenvalue weighted by molar-refractivity contribution is -0.131. The summed E-state index contributed by atoms with van der Waals surface area (Å²) < 4.78 is 0. The van der Waals surface area contributed by atoms with E-state index < -0.39 is 0 Å². The summed E-state index contributed by atoms with van der Waals surface area (Å²) in [7, 11) is 0. The first kappa shape index (κ1) is 12.6. The zero-order valence-electron chi connectivity index (χ0n) is 10.3. The summed E-state index contributed by atoms with van der Waals surface area (Å²) in [5, 5.41) is 12.2. The standard InChI is InChI=1S/C14H18N2O2/c1-2-7-16(8-9-17)14(18)13-10-11-5-3-4-6-12(11)15-13/h2-6,13,15,17H,1,7-10H2/t13-/m0/s1. The summed E-state index contributed by atoms with van der Waals surface area (Å²) in [6.07, 6.45) is 2.38. The Hall–Kier alpha value is -1.81. The summed E-state index contributed by atoms with van der Waals surface area (Å²) in [5.41, 5.74) is 2.19. The number of nitrogens with zero attached hydrogens (tertiary/aromatic N) is 1. The molecule has 1 amide bonds. The Morgan fingerprint density at radius 3 is 3.00 bits per heavy atom. The maximum Gasteiger partial charge on any atom is 0.245 e. The molecule has 1 aromatic carbocycles. The third-order valence-electron chi connectivity index (χ3n) is 3.10. The Bertz CT molecular complexity index is 420. The number of aliphatic hydroxyl groups excluding tert-OH is 1. The zero-order chi connectivity index (χ0) is 13.0. The number of fused-ring (bicyclic) bond motifs is 1. The van der Waals surface area contributed by atoms with Crippen molar-refractivity contribution in [3.63, 3.8) is 0 Å². The van der Waals surface area contributed by atoms with Gasteiger partial charge in [0.1, 0.15) is 6.04 Å². The molecule has 0 radical (unpaired) electrons. The van der Waals surface area contributed by atoms with Crippen LogP contribution in [0, 0.1) is 0 Å². The van der Waals surface area contributed by atoms with Crippen molar-refractivity contribution >= 4 is 11.6 Å². The number of benzene rings is 1. The van der Waals surface area contributed by atoms with E-state index in [1.807, 2.05) is 24.3 Å². The van der Waals surface area contributed by atoms with Crippen molar-refractivity contribution in [2.75, 3.05) is 25.0 Å². The minimum absolute atomic E-state index is 0.0140. The molecule has 2 N–H and O–H groups in total. The number of hydrogen-bond donors (Lipinski definition) is 2. The lowest BCUT2D eigenvalue weighted by atomic mass is 10.1. The van der Waals surface area contributed by atoms with E-state index in [0.717, 1.165) is 5.69 Å². The van der Waals surface area contributed by atoms with E-state index in [-0.39, 0.29) is 18.6 Å². The third-order valence-corrected chi connectivity index (χ3v) is 3.10. The number of anilines is 1. The fourth-order valence-electron chi connectivity index (χ4n) is 2.24. The molecule has 1 aliphatic rings. The molecule has 4 nitrogen and oxygen atoms in total. The molecule has 0 saturated heterocycles. The Morgan fingerprint density at radius 1 is 1.56 bits per heavy atom. The zero-order valence-corrected chi connectivity index (χ0v) is 10.3. The van der Waals surface area contributed by atoms with Crippen molar-refractivity contribution in [3.8, 4) is 0 Å². The summed E-state index contributed by atoms with van der Waals surface area (Å²) in [6, 6.07) is 7.71. The highest BCUT2D eigenvalue weighted by molar-refractivity contribution is 5.87. The maximum absolute atomic E-state index is 12.3. The Labute approximate surface area is 107 Å². The molecule has 0 saturated carbocycles. The van der Waals surface area contributed by atoms with E-state index in [9.17, 15) is 4.79 Å². The maximum atomic E-state index is 12.3. The highest BCUT2D eigenvalue weighted by atomic mass is 16.3. The van der Waals surface area contributed by atoms with Crippen molar-refractivity contribution in [2.45, 2.75) is 12.5 Å². The molecule has 1 heterocycles. The molecule has 0 unspecified atom stereocenters. The average Bonchev–Trinajstić information content (AvgIpc) is 2.81. The molecule has 1 aromatic rings. The van der Waals surface area contributed by atoms with Crippen LogP contribution in [0.5, 0.6) is 0 Å². The van der Waals surface area contributed by atoms with E-state index in [1.165, 1.54) is 5.56 Å². The molecule has 0 bridgehead atoms. The van der Waals surface area contributed by atoms with Crippen LogP contribution in [-0.2, 0) is 11.2 Å². The van der Waals surface area contributed by atoms with Crippen LogP contribution in [-0.4, -0.2) is 41.7 Å². The second-order valence-electron chi connectivity index (χ2n) is 4.35. The molecule has 1 aliphatic heterocycles. The van der Waals surface area contributed by atoms with Gasteiger partial charge in [-0.25, -0.2) is 0 Å². The van der Waals surface area contributed by atoms with E-state index in [4.69, 9.17) is 5.11 Å². The SMILES string of the molecule is C=CCN(CCO)C(=O)[C@@H]1Cc2ccccc2N1. The van der Waals surface area contributed by atoms with Crippen LogP contribution in [0.1, 0.15) is 5.56 Å². The van der Waals surface area contributed by atoms with Gasteiger partial charge in [-0.3, -0.25) is 4.79 Å². The smallest absolute Gasteiger partial charge is 0.245 e. The normalized spacial score (nSPS) is 16.8. The fraction of sp³-hybridized carbons (Fsp3) is 0.357. The van der Waals surface area contributed by atoms with Gasteiger partial charge in [-0.1, -0.05) is 24.3 Å². The minimum atomic E-state index is -0.228. The molecule has 4 heteroatoms. The van der Waals surface area contributed by atoms with E-state index in [1.54, 1.807) is 11.0 Å².